The Hall–Kier alpha value is -0.0800. The first-order valence-electron chi connectivity index (χ1n) is 6.11. The lowest BCUT2D eigenvalue weighted by Gasteiger charge is -2.36. The molecule has 2 heteroatoms. The molecule has 0 spiro atoms. The summed E-state index contributed by atoms with van der Waals surface area (Å²) in [5.74, 6) is 1.66. The van der Waals surface area contributed by atoms with Crippen molar-refractivity contribution in [2.75, 3.05) is 6.54 Å². The maximum Gasteiger partial charge on any atom is 0.0164 e. The van der Waals surface area contributed by atoms with Crippen molar-refractivity contribution in [2.45, 2.75) is 58.5 Å². The summed E-state index contributed by atoms with van der Waals surface area (Å²) < 4.78 is 0. The van der Waals surface area contributed by atoms with Gasteiger partial charge in [0.15, 0.2) is 0 Å². The fourth-order valence-corrected chi connectivity index (χ4v) is 2.60. The first kappa shape index (κ1) is 12.0. The fourth-order valence-electron chi connectivity index (χ4n) is 2.60. The Morgan fingerprint density at radius 2 is 1.86 bits per heavy atom. The maximum atomic E-state index is 5.65. The van der Waals surface area contributed by atoms with Crippen LogP contribution in [-0.2, 0) is 0 Å². The molecule has 0 bridgehead atoms. The average molecular weight is 198 g/mol. The molecule has 0 aromatic heterocycles. The van der Waals surface area contributed by atoms with E-state index in [1.165, 1.54) is 25.7 Å². The first-order chi connectivity index (χ1) is 6.65. The summed E-state index contributed by atoms with van der Waals surface area (Å²) in [6, 6.07) is 1.18. The Kier molecular flexibility index (Phi) is 4.90. The lowest BCUT2D eigenvalue weighted by atomic mass is 9.77. The molecule has 0 aromatic rings. The Morgan fingerprint density at radius 1 is 1.21 bits per heavy atom. The Labute approximate surface area is 88.6 Å². The molecule has 3 unspecified atom stereocenters. The average Bonchev–Trinajstić information content (AvgIpc) is 2.18. The molecule has 0 heterocycles. The van der Waals surface area contributed by atoms with Gasteiger partial charge in [0.2, 0.25) is 0 Å². The summed E-state index contributed by atoms with van der Waals surface area (Å²) in [5, 5.41) is 3.67. The van der Waals surface area contributed by atoms with Gasteiger partial charge in [-0.25, -0.2) is 0 Å². The number of hydrogen-bond donors (Lipinski definition) is 2. The standard InChI is InChI=1S/C12H26N2/c1-9(2)11-6-4-5-7-12(11)14-10(3)8-13/h9-12,14H,4-8,13H2,1-3H3. The van der Waals surface area contributed by atoms with Crippen molar-refractivity contribution < 1.29 is 0 Å². The molecule has 3 N–H and O–H groups in total. The minimum Gasteiger partial charge on any atom is -0.329 e. The third-order valence-corrected chi connectivity index (χ3v) is 3.53. The highest BCUT2D eigenvalue weighted by atomic mass is 15.0. The molecule has 0 aromatic carbocycles. The summed E-state index contributed by atoms with van der Waals surface area (Å²) in [7, 11) is 0. The van der Waals surface area contributed by atoms with Crippen LogP contribution in [0.5, 0.6) is 0 Å². The van der Waals surface area contributed by atoms with Crippen LogP contribution in [-0.4, -0.2) is 18.6 Å². The van der Waals surface area contributed by atoms with E-state index in [-0.39, 0.29) is 0 Å². The highest BCUT2D eigenvalue weighted by Crippen LogP contribution is 2.30. The molecule has 1 rings (SSSR count). The third kappa shape index (κ3) is 3.25. The van der Waals surface area contributed by atoms with E-state index in [4.69, 9.17) is 5.73 Å². The topological polar surface area (TPSA) is 38.0 Å². The van der Waals surface area contributed by atoms with Crippen molar-refractivity contribution in [3.63, 3.8) is 0 Å². The SMILES string of the molecule is CC(CN)NC1CCCCC1C(C)C. The monoisotopic (exact) mass is 198 g/mol. The lowest BCUT2D eigenvalue weighted by Crippen LogP contribution is -2.47. The van der Waals surface area contributed by atoms with Crippen LogP contribution in [0.3, 0.4) is 0 Å². The van der Waals surface area contributed by atoms with Gasteiger partial charge in [-0.05, 0) is 31.6 Å². The van der Waals surface area contributed by atoms with E-state index >= 15 is 0 Å². The molecule has 1 fully saturated rings. The highest BCUT2D eigenvalue weighted by Gasteiger charge is 2.27. The summed E-state index contributed by atoms with van der Waals surface area (Å²) >= 11 is 0. The molecule has 1 aliphatic carbocycles. The van der Waals surface area contributed by atoms with Gasteiger partial charge in [0.1, 0.15) is 0 Å². The van der Waals surface area contributed by atoms with Crippen LogP contribution in [0, 0.1) is 11.8 Å². The summed E-state index contributed by atoms with van der Waals surface area (Å²) in [5.41, 5.74) is 5.65. The second-order valence-corrected chi connectivity index (χ2v) is 5.10. The zero-order chi connectivity index (χ0) is 10.6. The van der Waals surface area contributed by atoms with Crippen LogP contribution in [0.25, 0.3) is 0 Å². The summed E-state index contributed by atoms with van der Waals surface area (Å²) in [4.78, 5) is 0. The van der Waals surface area contributed by atoms with Gasteiger partial charge < -0.3 is 11.1 Å². The Morgan fingerprint density at radius 3 is 2.43 bits per heavy atom. The molecule has 0 saturated heterocycles. The van der Waals surface area contributed by atoms with Crippen molar-refractivity contribution >= 4 is 0 Å². The van der Waals surface area contributed by atoms with Crippen molar-refractivity contribution in [1.82, 2.24) is 5.32 Å². The summed E-state index contributed by atoms with van der Waals surface area (Å²) in [6.45, 7) is 7.63. The minimum absolute atomic E-state index is 0.472. The molecule has 14 heavy (non-hydrogen) atoms. The summed E-state index contributed by atoms with van der Waals surface area (Å²) in [6.07, 6.45) is 5.54. The van der Waals surface area contributed by atoms with E-state index < -0.39 is 0 Å². The molecule has 0 radical (unpaired) electrons. The highest BCUT2D eigenvalue weighted by molar-refractivity contribution is 4.84. The predicted octanol–water partition coefficient (Wildman–Crippen LogP) is 2.14. The first-order valence-corrected chi connectivity index (χ1v) is 6.11. The van der Waals surface area contributed by atoms with Crippen LogP contribution >= 0.6 is 0 Å². The van der Waals surface area contributed by atoms with Gasteiger partial charge in [-0.15, -0.1) is 0 Å². The predicted molar refractivity (Wildman–Crippen MR) is 62.2 cm³/mol. The van der Waals surface area contributed by atoms with Crippen LogP contribution < -0.4 is 11.1 Å². The van der Waals surface area contributed by atoms with Gasteiger partial charge >= 0.3 is 0 Å². The zero-order valence-electron chi connectivity index (χ0n) is 9.92. The smallest absolute Gasteiger partial charge is 0.0164 e. The number of nitrogens with one attached hydrogen (secondary N) is 1. The molecular formula is C12H26N2. The number of nitrogens with two attached hydrogens (primary N) is 1. The largest absolute Gasteiger partial charge is 0.329 e. The van der Waals surface area contributed by atoms with Gasteiger partial charge in [-0.3, -0.25) is 0 Å². The molecule has 0 amide bonds. The van der Waals surface area contributed by atoms with Crippen LogP contribution in [0.4, 0.5) is 0 Å². The van der Waals surface area contributed by atoms with Crippen LogP contribution in [0.2, 0.25) is 0 Å². The Balaban J connectivity index is 2.45. The number of hydrogen-bond acceptors (Lipinski definition) is 2. The van der Waals surface area contributed by atoms with Crippen molar-refractivity contribution in [2.24, 2.45) is 17.6 Å². The van der Waals surface area contributed by atoms with Crippen LogP contribution in [0.15, 0.2) is 0 Å². The zero-order valence-corrected chi connectivity index (χ0v) is 9.92. The van der Waals surface area contributed by atoms with E-state index in [0.29, 0.717) is 12.1 Å². The number of rotatable bonds is 4. The second-order valence-electron chi connectivity index (χ2n) is 5.10. The van der Waals surface area contributed by atoms with Gasteiger partial charge in [0, 0.05) is 18.6 Å². The molecule has 1 aliphatic rings. The maximum absolute atomic E-state index is 5.65. The Bertz CT molecular complexity index is 156. The quantitative estimate of drug-likeness (QED) is 0.726. The molecule has 2 nitrogen and oxygen atoms in total. The van der Waals surface area contributed by atoms with Gasteiger partial charge in [0.25, 0.3) is 0 Å². The van der Waals surface area contributed by atoms with Crippen molar-refractivity contribution in [3.05, 3.63) is 0 Å². The lowest BCUT2D eigenvalue weighted by molar-refractivity contribution is 0.195. The van der Waals surface area contributed by atoms with Gasteiger partial charge in [-0.2, -0.15) is 0 Å². The minimum atomic E-state index is 0.472. The van der Waals surface area contributed by atoms with Gasteiger partial charge in [-0.1, -0.05) is 26.7 Å². The van der Waals surface area contributed by atoms with Crippen molar-refractivity contribution in [1.29, 1.82) is 0 Å². The molecule has 0 aliphatic heterocycles. The van der Waals surface area contributed by atoms with E-state index in [1.54, 1.807) is 0 Å². The van der Waals surface area contributed by atoms with E-state index in [2.05, 4.69) is 26.1 Å². The van der Waals surface area contributed by atoms with E-state index in [9.17, 15) is 0 Å². The normalized spacial score (nSPS) is 30.6. The van der Waals surface area contributed by atoms with Crippen molar-refractivity contribution in [3.8, 4) is 0 Å². The van der Waals surface area contributed by atoms with Gasteiger partial charge in [0.05, 0.1) is 0 Å². The van der Waals surface area contributed by atoms with E-state index in [1.807, 2.05) is 0 Å². The molecule has 1 saturated carbocycles. The molecule has 84 valence electrons. The van der Waals surface area contributed by atoms with E-state index in [0.717, 1.165) is 18.4 Å². The second kappa shape index (κ2) is 5.72. The molecular weight excluding hydrogens is 172 g/mol. The third-order valence-electron chi connectivity index (χ3n) is 3.53. The molecule has 3 atom stereocenters. The van der Waals surface area contributed by atoms with Crippen LogP contribution in [0.1, 0.15) is 46.5 Å². The fraction of sp³-hybridized carbons (Fsp3) is 1.00.